The molecule has 1 unspecified atom stereocenters. The zero-order valence-corrected chi connectivity index (χ0v) is 19.1. The quantitative estimate of drug-likeness (QED) is 0.529. The average molecular weight is 479 g/mol. The lowest BCUT2D eigenvalue weighted by atomic mass is 10.1. The van der Waals surface area contributed by atoms with Crippen molar-refractivity contribution in [1.29, 1.82) is 0 Å². The van der Waals surface area contributed by atoms with Gasteiger partial charge < -0.3 is 19.6 Å². The Balaban J connectivity index is 1.54. The van der Waals surface area contributed by atoms with Gasteiger partial charge in [-0.2, -0.15) is 0 Å². The van der Waals surface area contributed by atoms with Gasteiger partial charge in [-0.3, -0.25) is 24.2 Å². The third kappa shape index (κ3) is 5.24. The van der Waals surface area contributed by atoms with Gasteiger partial charge in [-0.1, -0.05) is 30.3 Å². The van der Waals surface area contributed by atoms with E-state index in [1.54, 1.807) is 28.9 Å². The Hall–Kier alpha value is -4.41. The number of aromatic nitrogens is 2. The van der Waals surface area contributed by atoms with E-state index in [1.807, 2.05) is 30.3 Å². The highest BCUT2D eigenvalue weighted by Crippen LogP contribution is 2.24. The Bertz CT molecular complexity index is 1260. The molecule has 0 radical (unpaired) electrons. The second-order valence-electron chi connectivity index (χ2n) is 8.03. The van der Waals surface area contributed by atoms with Crippen molar-refractivity contribution in [2.75, 3.05) is 25.0 Å². The highest BCUT2D eigenvalue weighted by Gasteiger charge is 2.39. The second kappa shape index (κ2) is 10.2. The average Bonchev–Trinajstić information content (AvgIpc) is 3.29. The van der Waals surface area contributed by atoms with Gasteiger partial charge >= 0.3 is 12.1 Å². The molecule has 0 bridgehead atoms. The maximum Gasteiger partial charge on any atom is 0.410 e. The molecule has 11 heteroatoms. The molecule has 0 spiro atoms. The molecule has 4 rings (SSSR count). The summed E-state index contributed by atoms with van der Waals surface area (Å²) in [6.45, 7) is 0.357. The molecule has 11 nitrogen and oxygen atoms in total. The van der Waals surface area contributed by atoms with Crippen LogP contribution in [-0.4, -0.2) is 69.4 Å². The Morgan fingerprint density at radius 2 is 1.89 bits per heavy atom. The summed E-state index contributed by atoms with van der Waals surface area (Å²) in [5.74, 6) is -1.41. The van der Waals surface area contributed by atoms with Crippen molar-refractivity contribution in [1.82, 2.24) is 19.6 Å². The maximum atomic E-state index is 13.4. The number of hydrogen-bond donors (Lipinski definition) is 2. The number of pyridine rings is 1. The molecule has 1 atom stereocenters. The summed E-state index contributed by atoms with van der Waals surface area (Å²) < 4.78 is 7.04. The molecular formula is C24H25N5O6. The van der Waals surface area contributed by atoms with Gasteiger partial charge in [-0.25, -0.2) is 9.78 Å². The second-order valence-corrected chi connectivity index (χ2v) is 8.03. The molecule has 2 N–H and O–H groups in total. The first-order valence-electron chi connectivity index (χ1n) is 11.1. The number of carbonyl (C=O) groups excluding carboxylic acids is 3. The number of carbonyl (C=O) groups is 4. The molecule has 3 heterocycles. The molecule has 1 aliphatic rings. The summed E-state index contributed by atoms with van der Waals surface area (Å²) in [7, 11) is 1.53. The van der Waals surface area contributed by atoms with Crippen LogP contribution in [0, 0.1) is 0 Å². The fourth-order valence-electron chi connectivity index (χ4n) is 3.96. The smallest absolute Gasteiger partial charge is 0.410 e. The van der Waals surface area contributed by atoms with E-state index in [0.29, 0.717) is 17.0 Å². The number of rotatable bonds is 7. The van der Waals surface area contributed by atoms with Gasteiger partial charge in [0.1, 0.15) is 18.3 Å². The molecule has 0 saturated carbocycles. The number of fused-ring (bicyclic) bond motifs is 1. The fraction of sp³-hybridized carbons (Fsp3) is 0.292. The number of nitrogens with one attached hydrogen (secondary N) is 1. The molecule has 1 saturated heterocycles. The monoisotopic (exact) mass is 479 g/mol. The molecule has 3 amide bonds. The van der Waals surface area contributed by atoms with E-state index in [1.165, 1.54) is 16.8 Å². The lowest BCUT2D eigenvalue weighted by Gasteiger charge is -2.39. The van der Waals surface area contributed by atoms with E-state index in [4.69, 9.17) is 9.84 Å². The van der Waals surface area contributed by atoms with Crippen LogP contribution in [-0.2, 0) is 20.9 Å². The third-order valence-corrected chi connectivity index (χ3v) is 5.77. The van der Waals surface area contributed by atoms with Crippen molar-refractivity contribution in [3.63, 3.8) is 0 Å². The number of amides is 3. The van der Waals surface area contributed by atoms with E-state index >= 15 is 0 Å². The number of ether oxygens (including phenoxy) is 1. The number of hydrogen-bond acceptors (Lipinski definition) is 6. The van der Waals surface area contributed by atoms with Gasteiger partial charge in [0.2, 0.25) is 0 Å². The largest absolute Gasteiger partial charge is 0.481 e. The topological polar surface area (TPSA) is 134 Å². The van der Waals surface area contributed by atoms with E-state index < -0.39 is 24.0 Å². The number of carboxylic acid groups (broad SMARTS) is 1. The zero-order chi connectivity index (χ0) is 24.9. The number of benzene rings is 1. The van der Waals surface area contributed by atoms with Gasteiger partial charge in [-0.15, -0.1) is 0 Å². The molecule has 1 fully saturated rings. The Kier molecular flexibility index (Phi) is 6.95. The van der Waals surface area contributed by atoms with Crippen LogP contribution in [0.5, 0.6) is 0 Å². The van der Waals surface area contributed by atoms with Gasteiger partial charge in [0.15, 0.2) is 5.82 Å². The SMILES string of the molecule is CNC(=O)c1ccc2nc(N3CCN(C(=O)OCc4ccccc4)C(CCC(=O)O)C3=O)cn2c1. The standard InChI is InChI=1S/C24H25N5O6/c1-25-22(32)17-7-9-19-26-20(14-27(19)13-17)29-12-11-28(18(23(29)33)8-10-21(30)31)24(34)35-15-16-5-3-2-4-6-16/h2-7,9,13-14,18H,8,10-12,15H2,1H3,(H,25,32)(H,30,31). The number of anilines is 1. The van der Waals surface area contributed by atoms with Crippen LogP contribution in [0.25, 0.3) is 5.65 Å². The lowest BCUT2D eigenvalue weighted by Crippen LogP contribution is -2.59. The summed E-state index contributed by atoms with van der Waals surface area (Å²) in [4.78, 5) is 56.5. The van der Waals surface area contributed by atoms with Crippen molar-refractivity contribution in [3.05, 3.63) is 66.0 Å². The van der Waals surface area contributed by atoms with Crippen LogP contribution in [0.3, 0.4) is 0 Å². The highest BCUT2D eigenvalue weighted by molar-refractivity contribution is 5.99. The molecule has 1 aromatic carbocycles. The number of nitrogens with zero attached hydrogens (tertiary/aromatic N) is 4. The summed E-state index contributed by atoms with van der Waals surface area (Å²) in [6, 6.07) is 11.4. The van der Waals surface area contributed by atoms with Gasteiger partial charge in [-0.05, 0) is 24.1 Å². The van der Waals surface area contributed by atoms with Gasteiger partial charge in [0, 0.05) is 32.8 Å². The number of aliphatic carboxylic acids is 1. The van der Waals surface area contributed by atoms with Crippen LogP contribution < -0.4 is 10.2 Å². The van der Waals surface area contributed by atoms with Crippen molar-refractivity contribution in [3.8, 4) is 0 Å². The molecule has 3 aromatic rings. The van der Waals surface area contributed by atoms with Crippen LogP contribution in [0.4, 0.5) is 10.6 Å². The molecule has 35 heavy (non-hydrogen) atoms. The Labute approximate surface area is 200 Å². The lowest BCUT2D eigenvalue weighted by molar-refractivity contribution is -0.137. The molecule has 1 aliphatic heterocycles. The van der Waals surface area contributed by atoms with Crippen molar-refractivity contribution in [2.24, 2.45) is 0 Å². The minimum absolute atomic E-state index is 0.0415. The number of piperazine rings is 1. The zero-order valence-electron chi connectivity index (χ0n) is 19.1. The Morgan fingerprint density at radius 1 is 1.11 bits per heavy atom. The number of carboxylic acids is 1. The third-order valence-electron chi connectivity index (χ3n) is 5.77. The normalized spacial score (nSPS) is 15.8. The van der Waals surface area contributed by atoms with E-state index in [-0.39, 0.29) is 38.4 Å². The van der Waals surface area contributed by atoms with E-state index in [9.17, 15) is 19.2 Å². The van der Waals surface area contributed by atoms with Gasteiger partial charge in [0.05, 0.1) is 11.8 Å². The van der Waals surface area contributed by atoms with Crippen molar-refractivity contribution >= 4 is 35.3 Å². The maximum absolute atomic E-state index is 13.4. The molecule has 2 aromatic heterocycles. The number of imidazole rings is 1. The minimum Gasteiger partial charge on any atom is -0.481 e. The predicted octanol–water partition coefficient (Wildman–Crippen LogP) is 1.91. The molecule has 182 valence electrons. The summed E-state index contributed by atoms with van der Waals surface area (Å²) in [5.41, 5.74) is 1.77. The van der Waals surface area contributed by atoms with Crippen molar-refractivity contribution < 1.29 is 29.0 Å². The van der Waals surface area contributed by atoms with Gasteiger partial charge in [0.25, 0.3) is 11.8 Å². The predicted molar refractivity (Wildman–Crippen MR) is 125 cm³/mol. The first kappa shape index (κ1) is 23.7. The van der Waals surface area contributed by atoms with Crippen LogP contribution >= 0.6 is 0 Å². The molecular weight excluding hydrogens is 454 g/mol. The van der Waals surface area contributed by atoms with Crippen molar-refractivity contribution in [2.45, 2.75) is 25.5 Å². The summed E-state index contributed by atoms with van der Waals surface area (Å²) in [6.07, 6.45) is 2.21. The van der Waals surface area contributed by atoms with Crippen LogP contribution in [0.2, 0.25) is 0 Å². The first-order valence-corrected chi connectivity index (χ1v) is 11.1. The molecule has 0 aliphatic carbocycles. The minimum atomic E-state index is -1.07. The fourth-order valence-corrected chi connectivity index (χ4v) is 3.96. The summed E-state index contributed by atoms with van der Waals surface area (Å²) in [5, 5.41) is 11.7. The van der Waals surface area contributed by atoms with E-state index in [2.05, 4.69) is 10.3 Å². The highest BCUT2D eigenvalue weighted by atomic mass is 16.6. The van der Waals surface area contributed by atoms with Crippen LogP contribution in [0.1, 0.15) is 28.8 Å². The summed E-state index contributed by atoms with van der Waals surface area (Å²) >= 11 is 0. The van der Waals surface area contributed by atoms with E-state index in [0.717, 1.165) is 5.56 Å². The van der Waals surface area contributed by atoms with Crippen LogP contribution in [0.15, 0.2) is 54.9 Å². The first-order chi connectivity index (χ1) is 16.9. The Morgan fingerprint density at radius 3 is 2.60 bits per heavy atom.